The minimum absolute atomic E-state index is 0.0403. The number of hydrogen-bond acceptors (Lipinski definition) is 11. The van der Waals surface area contributed by atoms with Crippen molar-refractivity contribution in [2.45, 2.75) is 39.5 Å². The van der Waals surface area contributed by atoms with Crippen LogP contribution in [0.5, 0.6) is 17.2 Å². The number of Topliss-reactive ketones (excluding diaryl/α,β-unsaturated/α-hetero) is 1. The molecule has 0 aromatic heterocycles. The number of carbonyl (C=O) groups is 6. The van der Waals surface area contributed by atoms with E-state index in [0.29, 0.717) is 65.2 Å². The van der Waals surface area contributed by atoms with Gasteiger partial charge < -0.3 is 23.7 Å². The van der Waals surface area contributed by atoms with Gasteiger partial charge in [-0.05, 0) is 138 Å². The lowest BCUT2D eigenvalue weighted by molar-refractivity contribution is -0.131. The molecule has 0 radical (unpaired) electrons. The summed E-state index contributed by atoms with van der Waals surface area (Å²) in [5.74, 6) is -1.41. The van der Waals surface area contributed by atoms with Crippen LogP contribution in [0.4, 0.5) is 0 Å². The predicted octanol–water partition coefficient (Wildman–Crippen LogP) is 8.67. The van der Waals surface area contributed by atoms with Gasteiger partial charge in [0.25, 0.3) is 0 Å². The molecule has 288 valence electrons. The SMILES string of the molecule is CC(=O)Cc1ccc(C(=O)Oc2ccc3cc(C(=O)OCCCCCOC(=O)c4ccc5cc(OC(=O)c6ccc(OC(C)=O)cc6)ccc5c4)ccc3c2)cc1. The summed E-state index contributed by atoms with van der Waals surface area (Å²) in [5, 5.41) is 3.08. The van der Waals surface area contributed by atoms with E-state index in [-0.39, 0.29) is 19.0 Å². The van der Waals surface area contributed by atoms with E-state index < -0.39 is 29.8 Å². The normalized spacial score (nSPS) is 10.8. The van der Waals surface area contributed by atoms with Gasteiger partial charge in [0, 0.05) is 13.3 Å². The minimum atomic E-state index is -0.571. The predicted molar refractivity (Wildman–Crippen MR) is 211 cm³/mol. The Labute approximate surface area is 328 Å². The second-order valence-corrected chi connectivity index (χ2v) is 13.3. The Morgan fingerprint density at radius 3 is 1.26 bits per heavy atom. The van der Waals surface area contributed by atoms with Gasteiger partial charge in [0.1, 0.15) is 23.0 Å². The molecule has 0 bridgehead atoms. The van der Waals surface area contributed by atoms with Crippen LogP contribution in [-0.4, -0.2) is 48.8 Å². The van der Waals surface area contributed by atoms with Crippen LogP contribution in [0.1, 0.15) is 80.1 Å². The minimum Gasteiger partial charge on any atom is -0.462 e. The number of carbonyl (C=O) groups excluding carboxylic acids is 6. The molecule has 0 unspecified atom stereocenters. The molecule has 6 aromatic rings. The highest BCUT2D eigenvalue weighted by molar-refractivity contribution is 5.98. The maximum atomic E-state index is 12.7. The topological polar surface area (TPSA) is 149 Å². The van der Waals surface area contributed by atoms with Crippen molar-refractivity contribution in [3.05, 3.63) is 149 Å². The Balaban J connectivity index is 0.898. The highest BCUT2D eigenvalue weighted by atomic mass is 16.5. The first-order valence-corrected chi connectivity index (χ1v) is 18.2. The zero-order chi connectivity index (χ0) is 40.3. The fourth-order valence-corrected chi connectivity index (χ4v) is 5.91. The van der Waals surface area contributed by atoms with E-state index in [9.17, 15) is 28.8 Å². The molecule has 0 spiro atoms. The van der Waals surface area contributed by atoms with E-state index in [1.165, 1.54) is 38.1 Å². The fourth-order valence-electron chi connectivity index (χ4n) is 5.91. The molecule has 0 saturated carbocycles. The van der Waals surface area contributed by atoms with Crippen LogP contribution in [-0.2, 0) is 25.5 Å². The highest BCUT2D eigenvalue weighted by Crippen LogP contribution is 2.25. The Morgan fingerprint density at radius 1 is 0.404 bits per heavy atom. The van der Waals surface area contributed by atoms with Gasteiger partial charge in [0.2, 0.25) is 0 Å². The van der Waals surface area contributed by atoms with Crippen LogP contribution in [0.25, 0.3) is 21.5 Å². The zero-order valence-corrected chi connectivity index (χ0v) is 31.3. The smallest absolute Gasteiger partial charge is 0.343 e. The van der Waals surface area contributed by atoms with Crippen molar-refractivity contribution in [2.24, 2.45) is 0 Å². The highest BCUT2D eigenvalue weighted by Gasteiger charge is 2.14. The van der Waals surface area contributed by atoms with Gasteiger partial charge in [0.15, 0.2) is 0 Å². The van der Waals surface area contributed by atoms with Crippen molar-refractivity contribution >= 4 is 57.2 Å². The van der Waals surface area contributed by atoms with Gasteiger partial charge in [0.05, 0.1) is 35.5 Å². The second kappa shape index (κ2) is 18.5. The average Bonchev–Trinajstić information content (AvgIpc) is 3.20. The molecule has 0 aliphatic rings. The lowest BCUT2D eigenvalue weighted by Crippen LogP contribution is -2.09. The third-order valence-electron chi connectivity index (χ3n) is 8.77. The van der Waals surface area contributed by atoms with Crippen LogP contribution in [0.2, 0.25) is 0 Å². The van der Waals surface area contributed by atoms with Crippen LogP contribution >= 0.6 is 0 Å². The Hall–Kier alpha value is -7.14. The Morgan fingerprint density at radius 2 is 0.807 bits per heavy atom. The van der Waals surface area contributed by atoms with Crippen molar-refractivity contribution < 1.29 is 52.5 Å². The van der Waals surface area contributed by atoms with Crippen molar-refractivity contribution in [3.8, 4) is 17.2 Å². The monoisotopic (exact) mass is 766 g/mol. The molecule has 0 amide bonds. The summed E-state index contributed by atoms with van der Waals surface area (Å²) in [6.07, 6.45) is 2.16. The molecule has 11 heteroatoms. The molecule has 0 aliphatic heterocycles. The number of hydrogen-bond donors (Lipinski definition) is 0. The third-order valence-corrected chi connectivity index (χ3v) is 8.77. The molecule has 6 rings (SSSR count). The van der Waals surface area contributed by atoms with Gasteiger partial charge in [-0.15, -0.1) is 0 Å². The number of unbranched alkanes of at least 4 members (excludes halogenated alkanes) is 2. The lowest BCUT2D eigenvalue weighted by atomic mass is 10.1. The first kappa shape index (κ1) is 39.6. The summed E-state index contributed by atoms with van der Waals surface area (Å²) in [4.78, 5) is 73.1. The molecule has 0 fully saturated rings. The maximum Gasteiger partial charge on any atom is 0.343 e. The zero-order valence-electron chi connectivity index (χ0n) is 31.3. The van der Waals surface area contributed by atoms with E-state index in [4.69, 9.17) is 23.7 Å². The van der Waals surface area contributed by atoms with Gasteiger partial charge in [-0.2, -0.15) is 0 Å². The van der Waals surface area contributed by atoms with Crippen molar-refractivity contribution in [1.29, 1.82) is 0 Å². The number of ketones is 1. The summed E-state index contributed by atoms with van der Waals surface area (Å²) >= 11 is 0. The number of benzene rings is 6. The first-order chi connectivity index (χ1) is 27.5. The third kappa shape index (κ3) is 11.0. The maximum absolute atomic E-state index is 12.7. The van der Waals surface area contributed by atoms with Gasteiger partial charge in [-0.3, -0.25) is 9.59 Å². The van der Waals surface area contributed by atoms with Crippen LogP contribution < -0.4 is 14.2 Å². The van der Waals surface area contributed by atoms with Gasteiger partial charge in [-0.1, -0.05) is 36.4 Å². The second-order valence-electron chi connectivity index (χ2n) is 13.3. The van der Waals surface area contributed by atoms with Crippen molar-refractivity contribution in [2.75, 3.05) is 13.2 Å². The van der Waals surface area contributed by atoms with E-state index in [1.54, 1.807) is 97.1 Å². The largest absolute Gasteiger partial charge is 0.462 e. The molecule has 0 atom stereocenters. The van der Waals surface area contributed by atoms with E-state index in [1.807, 2.05) is 0 Å². The summed E-state index contributed by atoms with van der Waals surface area (Å²) in [6, 6.07) is 33.2. The number of fused-ring (bicyclic) bond motifs is 2. The molecular weight excluding hydrogens is 728 g/mol. The molecule has 0 aliphatic carbocycles. The number of rotatable bonds is 15. The van der Waals surface area contributed by atoms with E-state index in [0.717, 1.165) is 27.1 Å². The molecule has 57 heavy (non-hydrogen) atoms. The number of ether oxygens (including phenoxy) is 5. The lowest BCUT2D eigenvalue weighted by Gasteiger charge is -2.09. The molecule has 6 aromatic carbocycles. The van der Waals surface area contributed by atoms with E-state index in [2.05, 4.69) is 0 Å². The molecule has 0 heterocycles. The van der Waals surface area contributed by atoms with Crippen LogP contribution in [0.15, 0.2) is 121 Å². The quantitative estimate of drug-likeness (QED) is 0.0562. The Kier molecular flexibility index (Phi) is 12.8. The standard InChI is InChI=1S/C46H38O11/c1-29(47)24-31-6-8-32(9-7-31)45(51)56-41-20-16-34-25-38(12-10-36(34)27-41)43(49)53-22-4-3-5-23-54-44(50)39-13-11-37-28-42(21-17-35(37)26-39)57-46(52)33-14-18-40(19-15-33)55-30(2)48/h6-21,25-28H,3-5,22-24H2,1-2H3. The van der Waals surface area contributed by atoms with Crippen molar-refractivity contribution in [3.63, 3.8) is 0 Å². The molecule has 0 saturated heterocycles. The van der Waals surface area contributed by atoms with Crippen LogP contribution in [0, 0.1) is 0 Å². The summed E-state index contributed by atoms with van der Waals surface area (Å²) in [7, 11) is 0. The molecule has 0 N–H and O–H groups in total. The van der Waals surface area contributed by atoms with E-state index >= 15 is 0 Å². The van der Waals surface area contributed by atoms with Crippen LogP contribution in [0.3, 0.4) is 0 Å². The summed E-state index contributed by atoms with van der Waals surface area (Å²) in [5.41, 5.74) is 2.26. The molecular formula is C46H38O11. The summed E-state index contributed by atoms with van der Waals surface area (Å²) in [6.45, 7) is 3.22. The fraction of sp³-hybridized carbons (Fsp3) is 0.174. The van der Waals surface area contributed by atoms with Crippen molar-refractivity contribution in [1.82, 2.24) is 0 Å². The summed E-state index contributed by atoms with van der Waals surface area (Å²) < 4.78 is 26.9. The number of esters is 5. The van der Waals surface area contributed by atoms with Gasteiger partial charge in [-0.25, -0.2) is 19.2 Å². The Bertz CT molecular complexity index is 2290. The average molecular weight is 767 g/mol. The first-order valence-electron chi connectivity index (χ1n) is 18.2. The van der Waals surface area contributed by atoms with Gasteiger partial charge >= 0.3 is 29.8 Å². The molecule has 11 nitrogen and oxygen atoms in total.